The molecule has 1 aliphatic heterocycles. The van der Waals surface area contributed by atoms with E-state index in [0.717, 1.165) is 16.8 Å². The zero-order valence-corrected chi connectivity index (χ0v) is 10.4. The lowest BCUT2D eigenvalue weighted by Crippen LogP contribution is -2.41. The van der Waals surface area contributed by atoms with E-state index in [4.69, 9.17) is 33.0 Å². The molecule has 1 unspecified atom stereocenters. The molecule has 2 heterocycles. The first-order chi connectivity index (χ1) is 8.37. The van der Waals surface area contributed by atoms with Gasteiger partial charge in [0.1, 0.15) is 12.2 Å². The van der Waals surface area contributed by atoms with Gasteiger partial charge in [-0.2, -0.15) is 0 Å². The number of hydrogen-bond acceptors (Lipinski definition) is 5. The van der Waals surface area contributed by atoms with E-state index in [1.807, 2.05) is 4.98 Å². The fourth-order valence-corrected chi connectivity index (χ4v) is 2.32. The Bertz CT molecular complexity index is 554. The highest BCUT2D eigenvalue weighted by Crippen LogP contribution is 2.45. The molecule has 7 nitrogen and oxygen atoms in total. The summed E-state index contributed by atoms with van der Waals surface area (Å²) in [5.74, 6) is 0. The zero-order valence-electron chi connectivity index (χ0n) is 8.92. The van der Waals surface area contributed by atoms with Crippen molar-refractivity contribution in [3.8, 4) is 0 Å². The minimum atomic E-state index is -1.81. The average Bonchev–Trinajstić information content (AvgIpc) is 2.52. The molecule has 100 valence electrons. The van der Waals surface area contributed by atoms with Gasteiger partial charge in [0.15, 0.2) is 10.6 Å². The van der Waals surface area contributed by atoms with E-state index in [1.165, 1.54) is 0 Å². The summed E-state index contributed by atoms with van der Waals surface area (Å²) >= 11 is 11.9. The Morgan fingerprint density at radius 1 is 1.50 bits per heavy atom. The molecule has 0 bridgehead atoms. The number of halogens is 2. The molecule has 0 radical (unpaired) electrons. The van der Waals surface area contributed by atoms with Crippen LogP contribution in [0.4, 0.5) is 0 Å². The molecule has 2 rings (SSSR count). The summed E-state index contributed by atoms with van der Waals surface area (Å²) in [6.07, 6.45) is -2.44. The van der Waals surface area contributed by atoms with Gasteiger partial charge in [-0.25, -0.2) is 4.79 Å². The lowest BCUT2D eigenvalue weighted by molar-refractivity contribution is -0.0462. The number of aliphatic hydroxyl groups excluding tert-OH is 2. The Balaban J connectivity index is 2.45. The van der Waals surface area contributed by atoms with Crippen LogP contribution in [0.1, 0.15) is 6.23 Å². The topological polar surface area (TPSA) is 105 Å². The van der Waals surface area contributed by atoms with Gasteiger partial charge in [0.05, 0.1) is 6.61 Å². The first kappa shape index (κ1) is 13.6. The van der Waals surface area contributed by atoms with Crippen molar-refractivity contribution in [2.75, 3.05) is 6.61 Å². The summed E-state index contributed by atoms with van der Waals surface area (Å²) < 4.78 is 4.36. The first-order valence-electron chi connectivity index (χ1n) is 5.01. The van der Waals surface area contributed by atoms with Gasteiger partial charge in [-0.3, -0.25) is 14.3 Å². The maximum atomic E-state index is 11.6. The van der Waals surface area contributed by atoms with Gasteiger partial charge in [-0.15, -0.1) is 0 Å². The van der Waals surface area contributed by atoms with E-state index in [-0.39, 0.29) is 0 Å². The van der Waals surface area contributed by atoms with Crippen LogP contribution in [0, 0.1) is 0 Å². The standard InChI is InChI=1S/C9H10Cl2N2O5/c10-9(11)6(16)4(3-14)18-7(9)13-2-1-5(15)12-8(13)17/h1-2,4,6-7,14,16H,3H2,(H,12,15,17)/t4-,6?,7-/m1/s1. The third kappa shape index (κ3) is 2.08. The fourth-order valence-electron chi connectivity index (χ4n) is 1.73. The summed E-state index contributed by atoms with van der Waals surface area (Å²) in [5.41, 5.74) is -1.35. The second-order valence-corrected chi connectivity index (χ2v) is 5.29. The highest BCUT2D eigenvalue weighted by Gasteiger charge is 2.55. The quantitative estimate of drug-likeness (QED) is 0.605. The number of aliphatic hydroxyl groups is 2. The number of rotatable bonds is 2. The van der Waals surface area contributed by atoms with E-state index in [2.05, 4.69) is 0 Å². The lowest BCUT2D eigenvalue weighted by atomic mass is 10.2. The molecular weight excluding hydrogens is 287 g/mol. The number of aromatic amines is 1. The molecule has 0 spiro atoms. The normalized spacial score (nSPS) is 30.6. The Hall–Kier alpha value is -0.860. The molecule has 0 aliphatic carbocycles. The van der Waals surface area contributed by atoms with Crippen molar-refractivity contribution < 1.29 is 14.9 Å². The van der Waals surface area contributed by atoms with Crippen molar-refractivity contribution in [1.29, 1.82) is 0 Å². The van der Waals surface area contributed by atoms with E-state index in [0.29, 0.717) is 0 Å². The zero-order chi connectivity index (χ0) is 13.5. The first-order valence-corrected chi connectivity index (χ1v) is 5.77. The number of ether oxygens (including phenoxy) is 1. The van der Waals surface area contributed by atoms with Crippen LogP contribution in [0.5, 0.6) is 0 Å². The third-order valence-electron chi connectivity index (χ3n) is 2.66. The van der Waals surface area contributed by atoms with Gasteiger partial charge in [0.2, 0.25) is 0 Å². The lowest BCUT2D eigenvalue weighted by Gasteiger charge is -2.23. The van der Waals surface area contributed by atoms with Crippen molar-refractivity contribution in [2.45, 2.75) is 22.8 Å². The van der Waals surface area contributed by atoms with E-state index in [1.54, 1.807) is 0 Å². The minimum Gasteiger partial charge on any atom is -0.394 e. The summed E-state index contributed by atoms with van der Waals surface area (Å²) in [5, 5.41) is 18.8. The SMILES string of the molecule is O=c1ccn([C@@H]2O[C@H](CO)C(O)C2(Cl)Cl)c(=O)[nH]1. The molecule has 0 saturated carbocycles. The fraction of sp³-hybridized carbons (Fsp3) is 0.556. The van der Waals surface area contributed by atoms with Crippen LogP contribution in [-0.4, -0.2) is 42.9 Å². The average molecular weight is 297 g/mol. The second-order valence-electron chi connectivity index (χ2n) is 3.85. The highest BCUT2D eigenvalue weighted by atomic mass is 35.5. The molecular formula is C9H10Cl2N2O5. The van der Waals surface area contributed by atoms with Crippen LogP contribution in [0.15, 0.2) is 21.9 Å². The van der Waals surface area contributed by atoms with Crippen LogP contribution >= 0.6 is 23.2 Å². The van der Waals surface area contributed by atoms with Gasteiger partial charge in [0.25, 0.3) is 5.56 Å². The molecule has 1 aromatic heterocycles. The molecule has 9 heteroatoms. The smallest absolute Gasteiger partial charge is 0.330 e. The number of nitrogens with one attached hydrogen (secondary N) is 1. The van der Waals surface area contributed by atoms with Crippen molar-refractivity contribution >= 4 is 23.2 Å². The largest absolute Gasteiger partial charge is 0.394 e. The third-order valence-corrected chi connectivity index (χ3v) is 3.48. The number of nitrogens with zero attached hydrogens (tertiary/aromatic N) is 1. The van der Waals surface area contributed by atoms with Crippen LogP contribution in [0.25, 0.3) is 0 Å². The van der Waals surface area contributed by atoms with Crippen molar-refractivity contribution in [3.63, 3.8) is 0 Å². The van der Waals surface area contributed by atoms with Gasteiger partial charge in [0, 0.05) is 12.3 Å². The van der Waals surface area contributed by atoms with Crippen LogP contribution in [0.2, 0.25) is 0 Å². The van der Waals surface area contributed by atoms with E-state index < -0.39 is 40.6 Å². The molecule has 1 saturated heterocycles. The summed E-state index contributed by atoms with van der Waals surface area (Å²) in [6, 6.07) is 1.09. The van der Waals surface area contributed by atoms with Gasteiger partial charge < -0.3 is 14.9 Å². The monoisotopic (exact) mass is 296 g/mol. The van der Waals surface area contributed by atoms with Gasteiger partial charge in [-0.1, -0.05) is 23.2 Å². The van der Waals surface area contributed by atoms with Crippen molar-refractivity contribution in [1.82, 2.24) is 9.55 Å². The molecule has 0 aromatic carbocycles. The number of hydrogen-bond donors (Lipinski definition) is 3. The molecule has 3 N–H and O–H groups in total. The molecule has 1 aliphatic rings. The second kappa shape index (κ2) is 4.67. The molecule has 1 fully saturated rings. The maximum absolute atomic E-state index is 11.6. The van der Waals surface area contributed by atoms with Gasteiger partial charge in [-0.05, 0) is 0 Å². The Labute approximate surface area is 111 Å². The summed E-state index contributed by atoms with van der Waals surface area (Å²) in [4.78, 5) is 24.5. The predicted octanol–water partition coefficient (Wildman–Crippen LogP) is -1.04. The molecule has 3 atom stereocenters. The minimum absolute atomic E-state index is 0.503. The number of H-pyrrole nitrogens is 1. The Morgan fingerprint density at radius 2 is 2.17 bits per heavy atom. The number of alkyl halides is 2. The van der Waals surface area contributed by atoms with Crippen LogP contribution < -0.4 is 11.2 Å². The highest BCUT2D eigenvalue weighted by molar-refractivity contribution is 6.49. The van der Waals surface area contributed by atoms with Crippen molar-refractivity contribution in [3.05, 3.63) is 33.1 Å². The molecule has 1 aromatic rings. The molecule has 0 amide bonds. The van der Waals surface area contributed by atoms with Crippen LogP contribution in [-0.2, 0) is 4.74 Å². The predicted molar refractivity (Wildman–Crippen MR) is 62.8 cm³/mol. The van der Waals surface area contributed by atoms with Crippen LogP contribution in [0.3, 0.4) is 0 Å². The Morgan fingerprint density at radius 3 is 2.67 bits per heavy atom. The molecule has 18 heavy (non-hydrogen) atoms. The number of aromatic nitrogens is 2. The Kier molecular flexibility index (Phi) is 3.52. The maximum Gasteiger partial charge on any atom is 0.330 e. The van der Waals surface area contributed by atoms with Gasteiger partial charge >= 0.3 is 5.69 Å². The van der Waals surface area contributed by atoms with E-state index >= 15 is 0 Å². The van der Waals surface area contributed by atoms with E-state index in [9.17, 15) is 14.7 Å². The summed E-state index contributed by atoms with van der Waals surface area (Å²) in [7, 11) is 0. The summed E-state index contributed by atoms with van der Waals surface area (Å²) in [6.45, 7) is -0.503. The van der Waals surface area contributed by atoms with Crippen molar-refractivity contribution in [2.24, 2.45) is 0 Å².